The number of nitrogens with zero attached hydrogens (tertiary/aromatic N) is 2. The molecule has 27 heavy (non-hydrogen) atoms. The van der Waals surface area contributed by atoms with E-state index in [2.05, 4.69) is 24.5 Å². The SMILES string of the molecule is CCCN(C(=O)CN1C(=O)NC2(CCC(CC)CC2)C1=O)C1CCNCC1. The van der Waals surface area contributed by atoms with Crippen molar-refractivity contribution in [3.63, 3.8) is 0 Å². The average Bonchev–Trinajstić information content (AvgIpc) is 2.91. The lowest BCUT2D eigenvalue weighted by molar-refractivity contribution is -0.141. The Balaban J connectivity index is 1.66. The third-order valence-corrected chi connectivity index (χ3v) is 6.61. The third kappa shape index (κ3) is 4.13. The molecule has 3 rings (SSSR count). The molecule has 7 heteroatoms. The molecule has 1 spiro atoms. The maximum atomic E-state index is 13.0. The quantitative estimate of drug-likeness (QED) is 0.692. The van der Waals surface area contributed by atoms with Gasteiger partial charge in [0.2, 0.25) is 5.91 Å². The summed E-state index contributed by atoms with van der Waals surface area (Å²) in [5.41, 5.74) is -0.770. The summed E-state index contributed by atoms with van der Waals surface area (Å²) in [6.45, 7) is 6.58. The van der Waals surface area contributed by atoms with Gasteiger partial charge in [0, 0.05) is 12.6 Å². The van der Waals surface area contributed by atoms with Crippen LogP contribution in [-0.2, 0) is 9.59 Å². The molecule has 1 saturated carbocycles. The van der Waals surface area contributed by atoms with Gasteiger partial charge in [-0.1, -0.05) is 20.3 Å². The highest BCUT2D eigenvalue weighted by atomic mass is 16.2. The molecule has 0 atom stereocenters. The van der Waals surface area contributed by atoms with Gasteiger partial charge in [0.15, 0.2) is 0 Å². The van der Waals surface area contributed by atoms with Crippen LogP contribution in [0.1, 0.15) is 65.2 Å². The molecule has 1 aliphatic carbocycles. The normalized spacial score (nSPS) is 29.3. The standard InChI is InChI=1S/C20H34N4O3/c1-3-13-23(16-7-11-21-12-8-16)17(25)14-24-18(26)20(22-19(24)27)9-5-15(4-2)6-10-20/h15-16,21H,3-14H2,1-2H3,(H,22,27). The largest absolute Gasteiger partial charge is 0.338 e. The topological polar surface area (TPSA) is 81.8 Å². The van der Waals surface area contributed by atoms with Crippen LogP contribution >= 0.6 is 0 Å². The zero-order valence-electron chi connectivity index (χ0n) is 16.8. The average molecular weight is 379 g/mol. The predicted octanol–water partition coefficient (Wildman–Crippen LogP) is 1.87. The smallest absolute Gasteiger partial charge is 0.325 e. The first kappa shape index (κ1) is 20.1. The molecule has 0 unspecified atom stereocenters. The highest BCUT2D eigenvalue weighted by Crippen LogP contribution is 2.37. The van der Waals surface area contributed by atoms with Crippen LogP contribution in [0.2, 0.25) is 0 Å². The fourth-order valence-corrected chi connectivity index (χ4v) is 4.83. The minimum atomic E-state index is -0.770. The van der Waals surface area contributed by atoms with Crippen LogP contribution in [-0.4, -0.2) is 65.4 Å². The number of carbonyl (C=O) groups excluding carboxylic acids is 3. The van der Waals surface area contributed by atoms with Gasteiger partial charge in [0.05, 0.1) is 0 Å². The predicted molar refractivity (Wildman–Crippen MR) is 103 cm³/mol. The van der Waals surface area contributed by atoms with Gasteiger partial charge in [0.25, 0.3) is 5.91 Å². The minimum Gasteiger partial charge on any atom is -0.338 e. The second-order valence-corrected chi connectivity index (χ2v) is 8.32. The Morgan fingerprint density at radius 1 is 1.15 bits per heavy atom. The van der Waals surface area contributed by atoms with Crippen molar-refractivity contribution >= 4 is 17.8 Å². The lowest BCUT2D eigenvalue weighted by atomic mass is 9.75. The first-order valence-corrected chi connectivity index (χ1v) is 10.6. The molecule has 0 aromatic heterocycles. The zero-order valence-corrected chi connectivity index (χ0v) is 16.8. The minimum absolute atomic E-state index is 0.105. The molecule has 3 aliphatic rings. The summed E-state index contributed by atoms with van der Waals surface area (Å²) in [4.78, 5) is 41.6. The number of carbonyl (C=O) groups is 3. The van der Waals surface area contributed by atoms with Crippen molar-refractivity contribution < 1.29 is 14.4 Å². The fraction of sp³-hybridized carbons (Fsp3) is 0.850. The number of hydrogen-bond donors (Lipinski definition) is 2. The van der Waals surface area contributed by atoms with Crippen molar-refractivity contribution in [2.45, 2.75) is 76.8 Å². The van der Waals surface area contributed by atoms with Crippen molar-refractivity contribution in [3.8, 4) is 0 Å². The van der Waals surface area contributed by atoms with E-state index in [1.807, 2.05) is 4.90 Å². The molecule has 2 aliphatic heterocycles. The highest BCUT2D eigenvalue weighted by Gasteiger charge is 2.52. The summed E-state index contributed by atoms with van der Waals surface area (Å²) in [5.74, 6) is 0.333. The van der Waals surface area contributed by atoms with E-state index < -0.39 is 11.6 Å². The zero-order chi connectivity index (χ0) is 19.4. The molecule has 0 aromatic carbocycles. The first-order chi connectivity index (χ1) is 13.0. The number of hydrogen-bond acceptors (Lipinski definition) is 4. The van der Waals surface area contributed by atoms with Crippen LogP contribution in [0.3, 0.4) is 0 Å². The molecule has 2 saturated heterocycles. The number of imide groups is 1. The van der Waals surface area contributed by atoms with E-state index in [0.717, 1.165) is 51.6 Å². The van der Waals surface area contributed by atoms with Crippen molar-refractivity contribution in [3.05, 3.63) is 0 Å². The Hall–Kier alpha value is -1.63. The second-order valence-electron chi connectivity index (χ2n) is 8.32. The molecule has 0 radical (unpaired) electrons. The van der Waals surface area contributed by atoms with Gasteiger partial charge in [-0.25, -0.2) is 4.79 Å². The van der Waals surface area contributed by atoms with Crippen molar-refractivity contribution in [2.75, 3.05) is 26.2 Å². The van der Waals surface area contributed by atoms with E-state index in [1.54, 1.807) is 0 Å². The summed E-state index contributed by atoms with van der Waals surface area (Å²) in [6.07, 6.45) is 7.13. The molecule has 0 bridgehead atoms. The van der Waals surface area contributed by atoms with Crippen LogP contribution in [0, 0.1) is 5.92 Å². The molecule has 4 amide bonds. The summed E-state index contributed by atoms with van der Waals surface area (Å²) in [5, 5.41) is 6.24. The van der Waals surface area contributed by atoms with Crippen LogP contribution in [0.4, 0.5) is 4.79 Å². The monoisotopic (exact) mass is 378 g/mol. The molecule has 3 fully saturated rings. The van der Waals surface area contributed by atoms with Crippen molar-refractivity contribution in [2.24, 2.45) is 5.92 Å². The van der Waals surface area contributed by atoms with E-state index in [-0.39, 0.29) is 24.4 Å². The van der Waals surface area contributed by atoms with Crippen LogP contribution < -0.4 is 10.6 Å². The molecular formula is C20H34N4O3. The molecule has 0 aromatic rings. The number of piperidine rings is 1. The van der Waals surface area contributed by atoms with Gasteiger partial charge in [-0.3, -0.25) is 14.5 Å². The highest BCUT2D eigenvalue weighted by molar-refractivity contribution is 6.09. The van der Waals surface area contributed by atoms with Gasteiger partial charge < -0.3 is 15.5 Å². The van der Waals surface area contributed by atoms with Crippen LogP contribution in [0.25, 0.3) is 0 Å². The summed E-state index contributed by atoms with van der Waals surface area (Å²) in [7, 11) is 0. The lowest BCUT2D eigenvalue weighted by Gasteiger charge is -2.36. The Labute approximate surface area is 162 Å². The van der Waals surface area contributed by atoms with Gasteiger partial charge in [-0.15, -0.1) is 0 Å². The Kier molecular flexibility index (Phi) is 6.40. The van der Waals surface area contributed by atoms with Gasteiger partial charge in [-0.2, -0.15) is 0 Å². The molecule has 7 nitrogen and oxygen atoms in total. The Morgan fingerprint density at radius 2 is 1.81 bits per heavy atom. The maximum Gasteiger partial charge on any atom is 0.325 e. The summed E-state index contributed by atoms with van der Waals surface area (Å²) >= 11 is 0. The number of rotatable bonds is 6. The van der Waals surface area contributed by atoms with E-state index in [4.69, 9.17) is 0 Å². The van der Waals surface area contributed by atoms with Crippen molar-refractivity contribution in [1.29, 1.82) is 0 Å². The van der Waals surface area contributed by atoms with Crippen LogP contribution in [0.5, 0.6) is 0 Å². The molecular weight excluding hydrogens is 344 g/mol. The van der Waals surface area contributed by atoms with Crippen LogP contribution in [0.15, 0.2) is 0 Å². The van der Waals surface area contributed by atoms with E-state index in [0.29, 0.717) is 25.3 Å². The number of amides is 4. The molecule has 2 N–H and O–H groups in total. The second kappa shape index (κ2) is 8.59. The lowest BCUT2D eigenvalue weighted by Crippen LogP contribution is -2.52. The maximum absolute atomic E-state index is 13.0. The third-order valence-electron chi connectivity index (χ3n) is 6.61. The van der Waals surface area contributed by atoms with Gasteiger partial charge in [-0.05, 0) is 64.0 Å². The Morgan fingerprint density at radius 3 is 2.41 bits per heavy atom. The van der Waals surface area contributed by atoms with Gasteiger partial charge >= 0.3 is 6.03 Å². The van der Waals surface area contributed by atoms with Crippen molar-refractivity contribution in [1.82, 2.24) is 20.4 Å². The fourth-order valence-electron chi connectivity index (χ4n) is 4.83. The van der Waals surface area contributed by atoms with E-state index in [1.165, 1.54) is 4.90 Å². The van der Waals surface area contributed by atoms with E-state index >= 15 is 0 Å². The molecule has 2 heterocycles. The van der Waals surface area contributed by atoms with E-state index in [9.17, 15) is 14.4 Å². The number of nitrogens with one attached hydrogen (secondary N) is 2. The molecule has 152 valence electrons. The summed E-state index contributed by atoms with van der Waals surface area (Å²) in [6, 6.07) is -0.196. The summed E-state index contributed by atoms with van der Waals surface area (Å²) < 4.78 is 0. The number of urea groups is 1. The van der Waals surface area contributed by atoms with Gasteiger partial charge in [0.1, 0.15) is 12.1 Å². The first-order valence-electron chi connectivity index (χ1n) is 10.6. The Bertz CT molecular complexity index is 566.